The quantitative estimate of drug-likeness (QED) is 0.720. The van der Waals surface area contributed by atoms with E-state index in [1.165, 1.54) is 12.1 Å². The number of aryl methyl sites for hydroxylation is 1. The lowest BCUT2D eigenvalue weighted by Gasteiger charge is -2.33. The maximum Gasteiger partial charge on any atom is 0.429 e. The van der Waals surface area contributed by atoms with Gasteiger partial charge in [-0.25, -0.2) is 13.2 Å². The Morgan fingerprint density at radius 1 is 1.11 bits per heavy atom. The third-order valence-electron chi connectivity index (χ3n) is 4.84. The van der Waals surface area contributed by atoms with Crippen LogP contribution in [0.4, 0.5) is 4.79 Å². The van der Waals surface area contributed by atoms with E-state index in [0.717, 1.165) is 5.56 Å². The predicted molar refractivity (Wildman–Crippen MR) is 103 cm³/mol. The largest absolute Gasteiger partial charge is 0.430 e. The number of nitrogens with zero attached hydrogens (tertiary/aromatic N) is 1. The van der Waals surface area contributed by atoms with Gasteiger partial charge in [0.15, 0.2) is 5.60 Å². The van der Waals surface area contributed by atoms with E-state index < -0.39 is 27.6 Å². The fraction of sp³-hybridized carbons (Fsp3) is 0.190. The molecule has 1 saturated heterocycles. The molecule has 1 fully saturated rings. The number of ether oxygens (including phenoxy) is 1. The Kier molecular flexibility index (Phi) is 4.70. The molecule has 3 rings (SSSR count). The number of hydrogen-bond donors (Lipinski definition) is 0. The van der Waals surface area contributed by atoms with Crippen LogP contribution in [0.5, 0.6) is 0 Å². The summed E-state index contributed by atoms with van der Waals surface area (Å²) in [6.07, 6.45) is 0.645. The Bertz CT molecular complexity index is 996. The second kappa shape index (κ2) is 6.70. The molecule has 140 valence electrons. The molecule has 2 atom stereocenters. The van der Waals surface area contributed by atoms with Gasteiger partial charge in [0.05, 0.1) is 10.6 Å². The van der Waals surface area contributed by atoms with E-state index >= 15 is 0 Å². The smallest absolute Gasteiger partial charge is 0.429 e. The van der Waals surface area contributed by atoms with Crippen molar-refractivity contribution < 1.29 is 17.9 Å². The van der Waals surface area contributed by atoms with Crippen LogP contribution in [-0.4, -0.2) is 18.8 Å². The van der Waals surface area contributed by atoms with Gasteiger partial charge >= 0.3 is 6.09 Å². The van der Waals surface area contributed by atoms with Crippen LogP contribution in [-0.2, 0) is 20.4 Å². The Balaban J connectivity index is 2.15. The fourth-order valence-electron chi connectivity index (χ4n) is 3.25. The highest BCUT2D eigenvalue weighted by Crippen LogP contribution is 2.48. The molecule has 0 aliphatic carbocycles. The van der Waals surface area contributed by atoms with Gasteiger partial charge in [0.1, 0.15) is 0 Å². The van der Waals surface area contributed by atoms with Gasteiger partial charge in [-0.3, -0.25) is 0 Å². The zero-order valence-corrected chi connectivity index (χ0v) is 16.1. The summed E-state index contributed by atoms with van der Waals surface area (Å²) in [5, 5.41) is 0. The third kappa shape index (κ3) is 2.86. The van der Waals surface area contributed by atoms with Crippen molar-refractivity contribution in [3.63, 3.8) is 0 Å². The molecule has 0 saturated carbocycles. The van der Waals surface area contributed by atoms with Crippen LogP contribution in [0.3, 0.4) is 0 Å². The maximum atomic E-state index is 13.1. The molecule has 0 radical (unpaired) electrons. The van der Waals surface area contributed by atoms with Crippen molar-refractivity contribution in [2.75, 3.05) is 0 Å². The second-order valence-corrected chi connectivity index (χ2v) is 8.31. The maximum absolute atomic E-state index is 13.1. The number of hydrogen-bond acceptors (Lipinski definition) is 4. The summed E-state index contributed by atoms with van der Waals surface area (Å²) in [5.41, 5.74) is 0.262. The Morgan fingerprint density at radius 2 is 1.70 bits per heavy atom. The Morgan fingerprint density at radius 3 is 2.26 bits per heavy atom. The minimum Gasteiger partial charge on any atom is -0.430 e. The molecule has 27 heavy (non-hydrogen) atoms. The van der Waals surface area contributed by atoms with Crippen molar-refractivity contribution in [3.05, 3.63) is 90.7 Å². The number of rotatable bonds is 5. The zero-order chi connectivity index (χ0) is 19.8. The van der Waals surface area contributed by atoms with Crippen molar-refractivity contribution in [3.8, 4) is 0 Å². The summed E-state index contributed by atoms with van der Waals surface area (Å²) >= 11 is 0. The lowest BCUT2D eigenvalue weighted by atomic mass is 9.80. The van der Waals surface area contributed by atoms with Gasteiger partial charge < -0.3 is 4.74 Å². The molecular weight excluding hydrogens is 362 g/mol. The first kappa shape index (κ1) is 18.9. The lowest BCUT2D eigenvalue weighted by Crippen LogP contribution is -2.36. The number of carbonyl (C=O) groups excluding carboxylic acids is 1. The Labute approximate surface area is 159 Å². The van der Waals surface area contributed by atoms with E-state index in [9.17, 15) is 13.2 Å². The second-order valence-electron chi connectivity index (χ2n) is 6.52. The van der Waals surface area contributed by atoms with Gasteiger partial charge in [-0.05, 0) is 19.1 Å². The van der Waals surface area contributed by atoms with Crippen LogP contribution in [0.15, 0.2) is 84.4 Å². The number of sulfonamides is 1. The molecule has 2 aromatic rings. The van der Waals surface area contributed by atoms with Crippen LogP contribution in [0.1, 0.15) is 18.1 Å². The molecule has 0 aromatic heterocycles. The van der Waals surface area contributed by atoms with Gasteiger partial charge in [-0.15, -0.1) is 6.58 Å². The molecule has 6 heteroatoms. The first-order chi connectivity index (χ1) is 12.7. The van der Waals surface area contributed by atoms with E-state index in [1.54, 1.807) is 49.4 Å². The highest BCUT2D eigenvalue weighted by Gasteiger charge is 2.57. The normalized spacial score (nSPS) is 21.0. The summed E-state index contributed by atoms with van der Waals surface area (Å²) in [4.78, 5) is 12.7. The number of cyclic esters (lactones) is 1. The first-order valence-electron chi connectivity index (χ1n) is 8.47. The molecule has 5 nitrogen and oxygen atoms in total. The third-order valence-corrected chi connectivity index (χ3v) is 6.56. The van der Waals surface area contributed by atoms with Crippen LogP contribution >= 0.6 is 0 Å². The van der Waals surface area contributed by atoms with E-state index in [-0.39, 0.29) is 10.6 Å². The van der Waals surface area contributed by atoms with Crippen LogP contribution < -0.4 is 0 Å². The molecule has 1 amide bonds. The minimum atomic E-state index is -4.15. The van der Waals surface area contributed by atoms with Crippen LogP contribution in [0.2, 0.25) is 0 Å². The summed E-state index contributed by atoms with van der Waals surface area (Å²) < 4.78 is 32.6. The molecule has 1 aliphatic rings. The molecular formula is C21H21NO4S. The molecule has 1 heterocycles. The average molecular weight is 383 g/mol. The monoisotopic (exact) mass is 383 g/mol. The molecule has 2 aromatic carbocycles. The topological polar surface area (TPSA) is 63.7 Å². The first-order valence-corrected chi connectivity index (χ1v) is 9.91. The van der Waals surface area contributed by atoms with Gasteiger partial charge in [0, 0.05) is 11.5 Å². The van der Waals surface area contributed by atoms with Crippen LogP contribution in [0, 0.1) is 12.8 Å². The summed E-state index contributed by atoms with van der Waals surface area (Å²) in [7, 11) is -4.15. The number of benzene rings is 2. The number of carbonyl (C=O) groups is 1. The highest BCUT2D eigenvalue weighted by atomic mass is 32.2. The average Bonchev–Trinajstić information content (AvgIpc) is 2.94. The van der Waals surface area contributed by atoms with Crippen molar-refractivity contribution in [1.29, 1.82) is 0 Å². The summed E-state index contributed by atoms with van der Waals surface area (Å²) in [6.45, 7) is 11.4. The van der Waals surface area contributed by atoms with E-state index in [1.807, 2.05) is 13.0 Å². The van der Waals surface area contributed by atoms with E-state index in [2.05, 4.69) is 13.2 Å². The van der Waals surface area contributed by atoms with Gasteiger partial charge in [0.25, 0.3) is 10.0 Å². The molecule has 0 spiro atoms. The van der Waals surface area contributed by atoms with Gasteiger partial charge in [-0.1, -0.05) is 67.6 Å². The lowest BCUT2D eigenvalue weighted by molar-refractivity contribution is 0.0402. The van der Waals surface area contributed by atoms with Crippen molar-refractivity contribution in [1.82, 2.24) is 4.31 Å². The fourth-order valence-corrected chi connectivity index (χ4v) is 4.60. The van der Waals surface area contributed by atoms with E-state index in [4.69, 9.17) is 4.74 Å². The summed E-state index contributed by atoms with van der Waals surface area (Å²) in [6, 6.07) is 15.3. The van der Waals surface area contributed by atoms with E-state index in [0.29, 0.717) is 9.87 Å². The number of amides is 1. The Hall–Kier alpha value is -2.86. The molecule has 1 aliphatic heterocycles. The SMILES string of the molecule is C=C[C@H](C)C1(c2ccccc2)OC(=O)N(S(=O)(=O)c2ccc(C)cc2)C1=C. The molecule has 0 bridgehead atoms. The van der Waals surface area contributed by atoms with Gasteiger partial charge in [0.2, 0.25) is 0 Å². The standard InChI is InChI=1S/C21H21NO4S/c1-5-16(3)21(18-9-7-6-8-10-18)17(4)22(20(23)26-21)27(24,25)19-13-11-15(2)12-14-19/h5-14,16H,1,4H2,2-3H3/t16-,21?/m0/s1. The minimum absolute atomic E-state index is 0.00122. The molecule has 1 unspecified atom stereocenters. The molecule has 0 N–H and O–H groups in total. The zero-order valence-electron chi connectivity index (χ0n) is 15.3. The van der Waals surface area contributed by atoms with Crippen molar-refractivity contribution >= 4 is 16.1 Å². The highest BCUT2D eigenvalue weighted by molar-refractivity contribution is 7.89. The predicted octanol–water partition coefficient (Wildman–Crippen LogP) is 4.37. The van der Waals surface area contributed by atoms with Crippen molar-refractivity contribution in [2.45, 2.75) is 24.3 Å². The van der Waals surface area contributed by atoms with Crippen LogP contribution in [0.25, 0.3) is 0 Å². The van der Waals surface area contributed by atoms with Crippen molar-refractivity contribution in [2.24, 2.45) is 5.92 Å². The van der Waals surface area contributed by atoms with Gasteiger partial charge in [-0.2, -0.15) is 4.31 Å². The summed E-state index contributed by atoms with van der Waals surface area (Å²) in [5.74, 6) is -0.394.